The van der Waals surface area contributed by atoms with Crippen LogP contribution >= 0.6 is 11.6 Å². The van der Waals surface area contributed by atoms with E-state index >= 15 is 0 Å². The highest BCUT2D eigenvalue weighted by molar-refractivity contribution is 6.33. The van der Waals surface area contributed by atoms with Crippen LogP contribution in [0.25, 0.3) is 33.5 Å². The highest BCUT2D eigenvalue weighted by Crippen LogP contribution is 2.32. The molecular weight excluding hydrogens is 576 g/mol. The van der Waals surface area contributed by atoms with Gasteiger partial charge in [0.15, 0.2) is 5.65 Å². The number of fused-ring (bicyclic) bond motifs is 1. The number of pyridine rings is 1. The van der Waals surface area contributed by atoms with Gasteiger partial charge in [0.2, 0.25) is 0 Å². The molecule has 1 amide bonds. The maximum atomic E-state index is 12.1. The third kappa shape index (κ3) is 6.78. The normalized spacial score (nSPS) is 18.4. The molecule has 3 unspecified atom stereocenters. The van der Waals surface area contributed by atoms with E-state index in [2.05, 4.69) is 25.3 Å². The average Bonchev–Trinajstić information content (AvgIpc) is 3.67. The van der Waals surface area contributed by atoms with Gasteiger partial charge in [-0.25, -0.2) is 14.8 Å². The first-order chi connectivity index (χ1) is 20.9. The van der Waals surface area contributed by atoms with E-state index in [0.29, 0.717) is 40.5 Å². The number of benzene rings is 2. The third-order valence-electron chi connectivity index (χ3n) is 7.06. The van der Waals surface area contributed by atoms with Crippen LogP contribution in [0.2, 0.25) is 5.02 Å². The molecule has 6 rings (SSSR count). The molecule has 4 heterocycles. The second kappa shape index (κ2) is 12.8. The Hall–Kier alpha value is -4.49. The molecule has 43 heavy (non-hydrogen) atoms. The van der Waals surface area contributed by atoms with Crippen molar-refractivity contribution in [1.29, 1.82) is 0 Å². The van der Waals surface area contributed by atoms with Crippen molar-refractivity contribution in [2.75, 3.05) is 25.1 Å². The number of aromatic nitrogens is 5. The van der Waals surface area contributed by atoms with E-state index in [1.807, 2.05) is 53.1 Å². The molecule has 1 saturated heterocycles. The van der Waals surface area contributed by atoms with E-state index in [1.165, 1.54) is 0 Å². The molecule has 0 bridgehead atoms. The second-order valence-electron chi connectivity index (χ2n) is 10.0. The van der Waals surface area contributed by atoms with Crippen LogP contribution in [-0.4, -0.2) is 78.9 Å². The zero-order chi connectivity index (χ0) is 29.8. The molecule has 0 radical (unpaired) electrons. The topological polar surface area (TPSA) is 157 Å². The van der Waals surface area contributed by atoms with E-state index in [0.717, 1.165) is 16.7 Å². The third-order valence-corrected chi connectivity index (χ3v) is 7.35. The smallest absolute Gasteiger partial charge is 0.411 e. The summed E-state index contributed by atoms with van der Waals surface area (Å²) in [5.41, 5.74) is 5.02. The minimum absolute atomic E-state index is 0.227. The summed E-state index contributed by atoms with van der Waals surface area (Å²) in [5.74, 6) is 0. The van der Waals surface area contributed by atoms with Gasteiger partial charge in [-0.15, -0.1) is 0 Å². The molecule has 5 aromatic rings. The van der Waals surface area contributed by atoms with E-state index in [9.17, 15) is 15.0 Å². The van der Waals surface area contributed by atoms with E-state index in [4.69, 9.17) is 25.8 Å². The summed E-state index contributed by atoms with van der Waals surface area (Å²) >= 11 is 6.59. The molecule has 0 spiro atoms. The fraction of sp³-hybridized carbons (Fsp3) is 0.267. The Kier molecular flexibility index (Phi) is 8.52. The zero-order valence-electron chi connectivity index (χ0n) is 22.9. The van der Waals surface area contributed by atoms with Crippen LogP contribution in [0.15, 0.2) is 73.3 Å². The fourth-order valence-electron chi connectivity index (χ4n) is 4.78. The number of aromatic amines is 1. The van der Waals surface area contributed by atoms with Crippen LogP contribution < -0.4 is 10.1 Å². The molecule has 0 aliphatic carbocycles. The van der Waals surface area contributed by atoms with Crippen LogP contribution in [0.5, 0.6) is 6.01 Å². The summed E-state index contributed by atoms with van der Waals surface area (Å²) in [6.07, 6.45) is 3.08. The number of carbonyl (C=O) groups is 1. The highest BCUT2D eigenvalue weighted by Gasteiger charge is 2.31. The van der Waals surface area contributed by atoms with E-state index in [-0.39, 0.29) is 25.8 Å². The molecule has 1 aliphatic heterocycles. The van der Waals surface area contributed by atoms with Crippen LogP contribution in [0, 0.1) is 0 Å². The number of nitrogens with zero attached hydrogens (tertiary/aromatic N) is 4. The Labute approximate surface area is 251 Å². The lowest BCUT2D eigenvalue weighted by Gasteiger charge is -2.31. The van der Waals surface area contributed by atoms with E-state index < -0.39 is 24.4 Å². The molecule has 0 saturated carbocycles. The Bertz CT molecular complexity index is 1680. The molecule has 2 aromatic carbocycles. The number of imidazole rings is 2. The van der Waals surface area contributed by atoms with Crippen molar-refractivity contribution in [3.05, 3.63) is 78.3 Å². The van der Waals surface area contributed by atoms with Gasteiger partial charge in [0, 0.05) is 30.1 Å². The predicted molar refractivity (Wildman–Crippen MR) is 159 cm³/mol. The number of H-pyrrole nitrogens is 1. The Balaban J connectivity index is 1.08. The Morgan fingerprint density at radius 2 is 1.86 bits per heavy atom. The predicted octanol–water partition coefficient (Wildman–Crippen LogP) is 4.28. The standard InChI is InChI=1S/C30H29ClN6O6/c31-23-14-24-28(36-29(34-24)43-22-13-25(39)26(15-38)42-16-22)35-27(23)20-3-1-18(2-4-20)19-5-7-21(8-6-19)33-30(40)41-12-11-37-10-9-32-17-37/h1-10,14,17,22,25-26,38-39H,11-13,15-16H2,(H,33,40)(H,34,35,36). The van der Waals surface area contributed by atoms with Crippen LogP contribution in [0.3, 0.4) is 0 Å². The van der Waals surface area contributed by atoms with Crippen molar-refractivity contribution in [3.63, 3.8) is 0 Å². The number of hydrogen-bond donors (Lipinski definition) is 4. The number of ether oxygens (including phenoxy) is 3. The number of aliphatic hydroxyl groups is 2. The maximum absolute atomic E-state index is 12.1. The number of nitrogens with one attached hydrogen (secondary N) is 2. The average molecular weight is 605 g/mol. The van der Waals surface area contributed by atoms with Gasteiger partial charge in [-0.05, 0) is 29.3 Å². The summed E-state index contributed by atoms with van der Waals surface area (Å²) in [6.45, 7) is 0.746. The number of aliphatic hydroxyl groups excluding tert-OH is 2. The summed E-state index contributed by atoms with van der Waals surface area (Å²) in [4.78, 5) is 28.2. The van der Waals surface area contributed by atoms with Crippen molar-refractivity contribution < 1.29 is 29.2 Å². The van der Waals surface area contributed by atoms with Gasteiger partial charge in [-0.1, -0.05) is 48.0 Å². The van der Waals surface area contributed by atoms with E-state index in [1.54, 1.807) is 24.8 Å². The van der Waals surface area contributed by atoms with Gasteiger partial charge in [0.25, 0.3) is 6.01 Å². The number of hydrogen-bond acceptors (Lipinski definition) is 9. The molecule has 4 N–H and O–H groups in total. The van der Waals surface area contributed by atoms with Gasteiger partial charge in [-0.2, -0.15) is 4.98 Å². The molecule has 13 heteroatoms. The molecule has 3 aromatic heterocycles. The highest BCUT2D eigenvalue weighted by atomic mass is 35.5. The lowest BCUT2D eigenvalue weighted by Crippen LogP contribution is -2.45. The summed E-state index contributed by atoms with van der Waals surface area (Å²) in [5, 5.41) is 22.5. The van der Waals surface area contributed by atoms with Crippen LogP contribution in [0.1, 0.15) is 6.42 Å². The number of rotatable bonds is 9. The summed E-state index contributed by atoms with van der Waals surface area (Å²) in [7, 11) is 0. The lowest BCUT2D eigenvalue weighted by molar-refractivity contribution is -0.131. The van der Waals surface area contributed by atoms with Crippen LogP contribution in [-0.2, 0) is 16.0 Å². The maximum Gasteiger partial charge on any atom is 0.411 e. The molecule has 222 valence electrons. The quantitative estimate of drug-likeness (QED) is 0.193. The number of halogens is 1. The van der Waals surface area contributed by atoms with Crippen molar-refractivity contribution in [2.24, 2.45) is 0 Å². The van der Waals surface area contributed by atoms with Crippen molar-refractivity contribution in [3.8, 4) is 28.4 Å². The first-order valence-corrected chi connectivity index (χ1v) is 14.1. The van der Waals surface area contributed by atoms with Gasteiger partial charge in [-0.3, -0.25) is 5.32 Å². The minimum Gasteiger partial charge on any atom is -0.459 e. The molecule has 1 aliphatic rings. The Morgan fingerprint density at radius 3 is 2.56 bits per heavy atom. The SMILES string of the molecule is O=C(Nc1ccc(-c2ccc(-c3nc4nc(OC5COC(CO)C(O)C5)[nH]c4cc3Cl)cc2)cc1)OCCn1ccnc1. The lowest BCUT2D eigenvalue weighted by atomic mass is 10.0. The van der Waals surface area contributed by atoms with Gasteiger partial charge >= 0.3 is 6.09 Å². The van der Waals surface area contributed by atoms with Crippen LogP contribution in [0.4, 0.5) is 10.5 Å². The fourth-order valence-corrected chi connectivity index (χ4v) is 5.04. The molecule has 1 fully saturated rings. The molecule has 3 atom stereocenters. The first kappa shape index (κ1) is 28.6. The largest absolute Gasteiger partial charge is 0.459 e. The zero-order valence-corrected chi connectivity index (χ0v) is 23.6. The molecular formula is C30H29ClN6O6. The number of amides is 1. The number of anilines is 1. The summed E-state index contributed by atoms with van der Waals surface area (Å²) in [6, 6.07) is 17.3. The monoisotopic (exact) mass is 604 g/mol. The van der Waals surface area contributed by atoms with Crippen molar-refractivity contribution in [1.82, 2.24) is 24.5 Å². The Morgan fingerprint density at radius 1 is 1.12 bits per heavy atom. The molecule has 12 nitrogen and oxygen atoms in total. The van der Waals surface area contributed by atoms with Gasteiger partial charge in [0.05, 0.1) is 48.4 Å². The van der Waals surface area contributed by atoms with Gasteiger partial charge in [0.1, 0.15) is 18.8 Å². The minimum atomic E-state index is -0.822. The number of carbonyl (C=O) groups excluding carboxylic acids is 1. The van der Waals surface area contributed by atoms with Crippen molar-refractivity contribution >= 4 is 34.5 Å². The second-order valence-corrected chi connectivity index (χ2v) is 10.5. The first-order valence-electron chi connectivity index (χ1n) is 13.7. The van der Waals surface area contributed by atoms with Gasteiger partial charge < -0.3 is 34.0 Å². The summed E-state index contributed by atoms with van der Waals surface area (Å²) < 4.78 is 18.4. The van der Waals surface area contributed by atoms with Crippen molar-refractivity contribution in [2.45, 2.75) is 31.3 Å².